The summed E-state index contributed by atoms with van der Waals surface area (Å²) in [5, 5.41) is 14.5. The van der Waals surface area contributed by atoms with Gasteiger partial charge in [0.2, 0.25) is 0 Å². The second-order valence-electron chi connectivity index (χ2n) is 5.89. The summed E-state index contributed by atoms with van der Waals surface area (Å²) < 4.78 is 5.14. The van der Waals surface area contributed by atoms with E-state index in [1.165, 1.54) is 32.4 Å². The maximum Gasteiger partial charge on any atom is 0.273 e. The summed E-state index contributed by atoms with van der Waals surface area (Å²) in [6.45, 7) is 5.19. The molecule has 0 spiro atoms. The molecule has 0 saturated heterocycles. The number of methoxy groups -OCH3 is 1. The van der Waals surface area contributed by atoms with Crippen molar-refractivity contribution in [3.05, 3.63) is 33.9 Å². The Kier molecular flexibility index (Phi) is 5.17. The molecule has 1 N–H and O–H groups in total. The normalized spacial score (nSPS) is 25.0. The van der Waals surface area contributed by atoms with Crippen molar-refractivity contribution in [1.29, 1.82) is 0 Å². The number of benzene rings is 1. The molecule has 5 nitrogen and oxygen atoms in total. The van der Waals surface area contributed by atoms with E-state index in [9.17, 15) is 10.1 Å². The highest BCUT2D eigenvalue weighted by Gasteiger charge is 2.30. The third-order valence-corrected chi connectivity index (χ3v) is 4.72. The van der Waals surface area contributed by atoms with Gasteiger partial charge in [-0.2, -0.15) is 0 Å². The number of non-ortho nitro benzene ring substituents is 1. The van der Waals surface area contributed by atoms with E-state index in [2.05, 4.69) is 19.2 Å². The predicted octanol–water partition coefficient (Wildman–Crippen LogP) is 3.52. The van der Waals surface area contributed by atoms with E-state index in [0.717, 1.165) is 11.5 Å². The van der Waals surface area contributed by atoms with Crippen molar-refractivity contribution >= 4 is 5.69 Å². The van der Waals surface area contributed by atoms with Crippen LogP contribution in [0, 0.1) is 22.0 Å². The van der Waals surface area contributed by atoms with E-state index in [1.807, 2.05) is 6.07 Å². The predicted molar refractivity (Wildman–Crippen MR) is 82.5 cm³/mol. The zero-order valence-electron chi connectivity index (χ0n) is 13.0. The van der Waals surface area contributed by atoms with Crippen LogP contribution >= 0.6 is 0 Å². The lowest BCUT2D eigenvalue weighted by Crippen LogP contribution is -2.32. The summed E-state index contributed by atoms with van der Waals surface area (Å²) in [4.78, 5) is 10.6. The van der Waals surface area contributed by atoms with Gasteiger partial charge in [0.15, 0.2) is 0 Å². The minimum absolute atomic E-state index is 0.0806. The largest absolute Gasteiger partial charge is 0.496 e. The molecule has 3 unspecified atom stereocenters. The molecule has 0 radical (unpaired) electrons. The minimum Gasteiger partial charge on any atom is -0.496 e. The van der Waals surface area contributed by atoms with Gasteiger partial charge in [0.25, 0.3) is 5.69 Å². The standard InChI is InChI=1S/C16H24N2O3/c1-4-13-5-6-16(11(13)2)17-10-12-7-14(18(19)20)9-15(8-12)21-3/h7-9,11,13,16-17H,4-6,10H2,1-3H3. The van der Waals surface area contributed by atoms with Gasteiger partial charge in [-0.3, -0.25) is 10.1 Å². The quantitative estimate of drug-likeness (QED) is 0.643. The number of nitro groups is 1. The number of nitrogens with one attached hydrogen (secondary N) is 1. The monoisotopic (exact) mass is 292 g/mol. The highest BCUT2D eigenvalue weighted by atomic mass is 16.6. The van der Waals surface area contributed by atoms with Gasteiger partial charge < -0.3 is 10.1 Å². The van der Waals surface area contributed by atoms with Gasteiger partial charge in [-0.25, -0.2) is 0 Å². The number of rotatable bonds is 6. The molecular formula is C16H24N2O3. The molecule has 0 bridgehead atoms. The molecule has 1 aliphatic rings. The van der Waals surface area contributed by atoms with E-state index in [-0.39, 0.29) is 10.6 Å². The molecule has 116 valence electrons. The summed E-state index contributed by atoms with van der Waals surface area (Å²) in [7, 11) is 1.53. The Morgan fingerprint density at radius 2 is 2.14 bits per heavy atom. The van der Waals surface area contributed by atoms with Gasteiger partial charge in [0, 0.05) is 18.7 Å². The molecule has 1 aromatic carbocycles. The maximum atomic E-state index is 10.9. The van der Waals surface area contributed by atoms with Gasteiger partial charge in [-0.15, -0.1) is 0 Å². The van der Waals surface area contributed by atoms with Crippen LogP contribution in [0.25, 0.3) is 0 Å². The van der Waals surface area contributed by atoms with Crippen molar-refractivity contribution in [3.63, 3.8) is 0 Å². The smallest absolute Gasteiger partial charge is 0.273 e. The van der Waals surface area contributed by atoms with Crippen LogP contribution in [-0.2, 0) is 6.54 Å². The Labute approximate surface area is 125 Å². The third-order valence-electron chi connectivity index (χ3n) is 4.72. The lowest BCUT2D eigenvalue weighted by molar-refractivity contribution is -0.385. The average molecular weight is 292 g/mol. The topological polar surface area (TPSA) is 64.4 Å². The van der Waals surface area contributed by atoms with Crippen molar-refractivity contribution in [2.75, 3.05) is 7.11 Å². The zero-order valence-corrected chi connectivity index (χ0v) is 13.0. The van der Waals surface area contributed by atoms with Crippen molar-refractivity contribution in [2.45, 2.75) is 45.7 Å². The first-order valence-electron chi connectivity index (χ1n) is 7.60. The number of ether oxygens (including phenoxy) is 1. The van der Waals surface area contributed by atoms with Crippen LogP contribution < -0.4 is 10.1 Å². The molecule has 0 aliphatic heterocycles. The van der Waals surface area contributed by atoms with E-state index >= 15 is 0 Å². The van der Waals surface area contributed by atoms with E-state index in [0.29, 0.717) is 24.3 Å². The Morgan fingerprint density at radius 1 is 1.38 bits per heavy atom. The molecule has 1 saturated carbocycles. The fourth-order valence-electron chi connectivity index (χ4n) is 3.33. The van der Waals surface area contributed by atoms with Crippen LogP contribution in [-0.4, -0.2) is 18.1 Å². The van der Waals surface area contributed by atoms with Crippen LogP contribution in [0.5, 0.6) is 5.75 Å². The van der Waals surface area contributed by atoms with Crippen LogP contribution in [0.4, 0.5) is 5.69 Å². The molecule has 2 rings (SSSR count). The summed E-state index contributed by atoms with van der Waals surface area (Å²) in [6.07, 6.45) is 3.68. The Morgan fingerprint density at radius 3 is 2.71 bits per heavy atom. The summed E-state index contributed by atoms with van der Waals surface area (Å²) in [5.74, 6) is 1.99. The first-order chi connectivity index (χ1) is 10.0. The van der Waals surface area contributed by atoms with Crippen molar-refractivity contribution in [1.82, 2.24) is 5.32 Å². The average Bonchev–Trinajstić information content (AvgIpc) is 2.85. The van der Waals surface area contributed by atoms with Gasteiger partial charge in [0.05, 0.1) is 18.1 Å². The number of nitro benzene ring substituents is 1. The van der Waals surface area contributed by atoms with Gasteiger partial charge in [0.1, 0.15) is 5.75 Å². The zero-order chi connectivity index (χ0) is 15.4. The Balaban J connectivity index is 2.03. The summed E-state index contributed by atoms with van der Waals surface area (Å²) >= 11 is 0. The van der Waals surface area contributed by atoms with Gasteiger partial charge >= 0.3 is 0 Å². The molecule has 1 fully saturated rings. The lowest BCUT2D eigenvalue weighted by Gasteiger charge is -2.21. The fraction of sp³-hybridized carbons (Fsp3) is 0.625. The highest BCUT2D eigenvalue weighted by Crippen LogP contribution is 2.34. The molecule has 0 heterocycles. The van der Waals surface area contributed by atoms with Gasteiger partial charge in [-0.1, -0.05) is 20.3 Å². The minimum atomic E-state index is -0.378. The highest BCUT2D eigenvalue weighted by molar-refractivity contribution is 5.42. The second kappa shape index (κ2) is 6.89. The van der Waals surface area contributed by atoms with E-state index in [4.69, 9.17) is 4.74 Å². The molecule has 1 aliphatic carbocycles. The number of hydrogen-bond acceptors (Lipinski definition) is 4. The molecule has 3 atom stereocenters. The van der Waals surface area contributed by atoms with Crippen LogP contribution in [0.15, 0.2) is 18.2 Å². The number of hydrogen-bond donors (Lipinski definition) is 1. The van der Waals surface area contributed by atoms with Crippen LogP contribution in [0.1, 0.15) is 38.7 Å². The summed E-state index contributed by atoms with van der Waals surface area (Å²) in [6, 6.07) is 5.43. The first-order valence-corrected chi connectivity index (χ1v) is 7.60. The Bertz CT molecular complexity index is 504. The molecule has 5 heteroatoms. The third kappa shape index (κ3) is 3.73. The number of nitrogens with zero attached hydrogens (tertiary/aromatic N) is 1. The Hall–Kier alpha value is -1.62. The second-order valence-corrected chi connectivity index (χ2v) is 5.89. The maximum absolute atomic E-state index is 10.9. The molecular weight excluding hydrogens is 268 g/mol. The molecule has 0 amide bonds. The molecule has 1 aromatic rings. The van der Waals surface area contributed by atoms with Gasteiger partial charge in [-0.05, 0) is 36.3 Å². The van der Waals surface area contributed by atoms with Crippen molar-refractivity contribution in [2.24, 2.45) is 11.8 Å². The molecule has 0 aromatic heterocycles. The van der Waals surface area contributed by atoms with Crippen LogP contribution in [0.3, 0.4) is 0 Å². The fourth-order valence-corrected chi connectivity index (χ4v) is 3.33. The SMILES string of the molecule is CCC1CCC(NCc2cc(OC)cc([N+](=O)[O-])c2)C1C. The molecule has 21 heavy (non-hydrogen) atoms. The van der Waals surface area contributed by atoms with Crippen molar-refractivity contribution in [3.8, 4) is 5.75 Å². The summed E-state index contributed by atoms with van der Waals surface area (Å²) in [5.41, 5.74) is 0.977. The lowest BCUT2D eigenvalue weighted by atomic mass is 9.93. The first kappa shape index (κ1) is 15.8. The van der Waals surface area contributed by atoms with Crippen LogP contribution in [0.2, 0.25) is 0 Å². The van der Waals surface area contributed by atoms with E-state index in [1.54, 1.807) is 6.07 Å². The van der Waals surface area contributed by atoms with E-state index < -0.39 is 0 Å². The van der Waals surface area contributed by atoms with Crippen molar-refractivity contribution < 1.29 is 9.66 Å².